The van der Waals surface area contributed by atoms with Crippen LogP contribution in [0.2, 0.25) is 0 Å². The minimum atomic E-state index is -4.04. The number of nitrogens with zero attached hydrogens (tertiary/aromatic N) is 1. The summed E-state index contributed by atoms with van der Waals surface area (Å²) in [5.41, 5.74) is 1.86. The van der Waals surface area contributed by atoms with Crippen LogP contribution in [0, 0.1) is 6.92 Å². The fourth-order valence-electron chi connectivity index (χ4n) is 2.41. The van der Waals surface area contributed by atoms with E-state index in [0.29, 0.717) is 11.2 Å². The van der Waals surface area contributed by atoms with Gasteiger partial charge in [0.05, 0.1) is 5.52 Å². The molecule has 1 heterocycles. The SMILES string of the molecule is CC(=O)Nc1ccc(OS(=O)(=O)c2cccc3cc(C)cnc23)cc1. The fourth-order valence-corrected chi connectivity index (χ4v) is 3.52. The number of fused-ring (bicyclic) bond motifs is 1. The third-order valence-electron chi connectivity index (χ3n) is 3.46. The summed E-state index contributed by atoms with van der Waals surface area (Å²) < 4.78 is 30.5. The molecule has 0 aliphatic rings. The monoisotopic (exact) mass is 356 g/mol. The van der Waals surface area contributed by atoms with Crippen molar-refractivity contribution in [2.75, 3.05) is 5.32 Å². The molecule has 0 unspecified atom stereocenters. The Morgan fingerprint density at radius 3 is 2.52 bits per heavy atom. The van der Waals surface area contributed by atoms with E-state index < -0.39 is 10.1 Å². The molecule has 25 heavy (non-hydrogen) atoms. The zero-order valence-electron chi connectivity index (χ0n) is 13.7. The number of hydrogen-bond donors (Lipinski definition) is 1. The Balaban J connectivity index is 1.93. The van der Waals surface area contributed by atoms with Crippen LogP contribution in [0.25, 0.3) is 10.9 Å². The maximum atomic E-state index is 12.6. The number of rotatable bonds is 4. The van der Waals surface area contributed by atoms with Gasteiger partial charge in [0.15, 0.2) is 0 Å². The van der Waals surface area contributed by atoms with E-state index in [0.717, 1.165) is 10.9 Å². The second kappa shape index (κ2) is 6.52. The third-order valence-corrected chi connectivity index (χ3v) is 4.74. The highest BCUT2D eigenvalue weighted by atomic mass is 32.2. The Hall–Kier alpha value is -2.93. The minimum Gasteiger partial charge on any atom is -0.379 e. The molecule has 3 aromatic rings. The first kappa shape index (κ1) is 16.9. The van der Waals surface area contributed by atoms with Crippen LogP contribution in [-0.2, 0) is 14.9 Å². The lowest BCUT2D eigenvalue weighted by atomic mass is 10.2. The van der Waals surface area contributed by atoms with Gasteiger partial charge in [-0.3, -0.25) is 9.78 Å². The molecule has 7 heteroatoms. The number of aromatic nitrogens is 1. The summed E-state index contributed by atoms with van der Waals surface area (Å²) in [6.45, 7) is 3.28. The number of benzene rings is 2. The van der Waals surface area contributed by atoms with Crippen molar-refractivity contribution >= 4 is 32.6 Å². The summed E-state index contributed by atoms with van der Waals surface area (Å²) >= 11 is 0. The van der Waals surface area contributed by atoms with Crippen molar-refractivity contribution in [3.05, 3.63) is 60.3 Å². The number of aryl methyl sites for hydroxylation is 1. The number of amides is 1. The number of hydrogen-bond acceptors (Lipinski definition) is 5. The van der Waals surface area contributed by atoms with Crippen molar-refractivity contribution in [2.45, 2.75) is 18.7 Å². The molecule has 1 amide bonds. The molecule has 0 aliphatic heterocycles. The molecule has 0 atom stereocenters. The lowest BCUT2D eigenvalue weighted by Crippen LogP contribution is -2.11. The van der Waals surface area contributed by atoms with Crippen LogP contribution in [0.5, 0.6) is 5.75 Å². The Labute approximate surface area is 145 Å². The largest absolute Gasteiger partial charge is 0.379 e. The maximum Gasteiger partial charge on any atom is 0.341 e. The highest BCUT2D eigenvalue weighted by Gasteiger charge is 2.20. The van der Waals surface area contributed by atoms with Crippen molar-refractivity contribution < 1.29 is 17.4 Å². The summed E-state index contributed by atoms with van der Waals surface area (Å²) in [5, 5.41) is 3.33. The Bertz CT molecular complexity index is 1040. The highest BCUT2D eigenvalue weighted by Crippen LogP contribution is 2.26. The first-order valence-electron chi connectivity index (χ1n) is 7.53. The average Bonchev–Trinajstić information content (AvgIpc) is 2.55. The lowest BCUT2D eigenvalue weighted by Gasteiger charge is -2.10. The van der Waals surface area contributed by atoms with Crippen LogP contribution in [-0.4, -0.2) is 19.3 Å². The Morgan fingerprint density at radius 2 is 1.84 bits per heavy atom. The molecule has 0 fully saturated rings. The van der Waals surface area contributed by atoms with Crippen LogP contribution < -0.4 is 9.50 Å². The molecule has 3 rings (SSSR count). The van der Waals surface area contributed by atoms with Crippen molar-refractivity contribution in [3.63, 3.8) is 0 Å². The molecule has 6 nitrogen and oxygen atoms in total. The van der Waals surface area contributed by atoms with Gasteiger partial charge in [0.2, 0.25) is 5.91 Å². The molecule has 0 radical (unpaired) electrons. The topological polar surface area (TPSA) is 85.4 Å². The first-order valence-corrected chi connectivity index (χ1v) is 8.93. The number of pyridine rings is 1. The van der Waals surface area contributed by atoms with Crippen molar-refractivity contribution in [3.8, 4) is 5.75 Å². The van der Waals surface area contributed by atoms with E-state index in [1.165, 1.54) is 25.1 Å². The average molecular weight is 356 g/mol. The molecule has 0 saturated heterocycles. The summed E-state index contributed by atoms with van der Waals surface area (Å²) in [4.78, 5) is 15.3. The van der Waals surface area contributed by atoms with E-state index in [1.54, 1.807) is 30.5 Å². The zero-order chi connectivity index (χ0) is 18.0. The normalized spacial score (nSPS) is 11.3. The predicted molar refractivity (Wildman–Crippen MR) is 95.0 cm³/mol. The van der Waals surface area contributed by atoms with E-state index in [2.05, 4.69) is 10.3 Å². The van der Waals surface area contributed by atoms with E-state index >= 15 is 0 Å². The molecule has 1 N–H and O–H groups in total. The van der Waals surface area contributed by atoms with Crippen molar-refractivity contribution in [2.24, 2.45) is 0 Å². The molecule has 1 aromatic heterocycles. The summed E-state index contributed by atoms with van der Waals surface area (Å²) in [6, 6.07) is 12.9. The lowest BCUT2D eigenvalue weighted by molar-refractivity contribution is -0.114. The summed E-state index contributed by atoms with van der Waals surface area (Å²) in [7, 11) is -4.04. The molecule has 0 spiro atoms. The number of carbonyl (C=O) groups excluding carboxylic acids is 1. The minimum absolute atomic E-state index is 0.0101. The first-order chi connectivity index (χ1) is 11.8. The van der Waals surface area contributed by atoms with Crippen molar-refractivity contribution in [1.29, 1.82) is 0 Å². The smallest absolute Gasteiger partial charge is 0.341 e. The molecule has 0 aliphatic carbocycles. The number of carbonyl (C=O) groups is 1. The van der Waals surface area contributed by atoms with Crippen molar-refractivity contribution in [1.82, 2.24) is 4.98 Å². The van der Waals surface area contributed by atoms with Gasteiger partial charge in [0, 0.05) is 24.2 Å². The van der Waals surface area contributed by atoms with E-state index in [-0.39, 0.29) is 16.6 Å². The Kier molecular flexibility index (Phi) is 4.41. The molecule has 128 valence electrons. The maximum absolute atomic E-state index is 12.6. The van der Waals surface area contributed by atoms with Crippen LogP contribution >= 0.6 is 0 Å². The van der Waals surface area contributed by atoms with Crippen LogP contribution in [0.15, 0.2) is 59.6 Å². The van der Waals surface area contributed by atoms with Gasteiger partial charge < -0.3 is 9.50 Å². The highest BCUT2D eigenvalue weighted by molar-refractivity contribution is 7.87. The molecule has 0 bridgehead atoms. The standard InChI is InChI=1S/C18H16N2O4S/c1-12-10-14-4-3-5-17(18(14)19-11-12)25(22,23)24-16-8-6-15(7-9-16)20-13(2)21/h3-11H,1-2H3,(H,20,21). The quantitative estimate of drug-likeness (QED) is 0.725. The van der Waals surface area contributed by atoms with Gasteiger partial charge in [-0.2, -0.15) is 8.42 Å². The zero-order valence-corrected chi connectivity index (χ0v) is 14.5. The van der Waals surface area contributed by atoms with E-state index in [4.69, 9.17) is 4.18 Å². The van der Waals surface area contributed by atoms with Gasteiger partial charge in [-0.05, 0) is 48.9 Å². The van der Waals surface area contributed by atoms with E-state index in [9.17, 15) is 13.2 Å². The predicted octanol–water partition coefficient (Wildman–Crippen LogP) is 3.27. The Morgan fingerprint density at radius 1 is 1.12 bits per heavy atom. The van der Waals surface area contributed by atoms with Gasteiger partial charge in [-0.25, -0.2) is 0 Å². The van der Waals surface area contributed by atoms with Crippen LogP contribution in [0.3, 0.4) is 0 Å². The van der Waals surface area contributed by atoms with Gasteiger partial charge in [0.1, 0.15) is 10.6 Å². The number of para-hydroxylation sites is 1. The summed E-state index contributed by atoms with van der Waals surface area (Å²) in [6.07, 6.45) is 1.61. The van der Waals surface area contributed by atoms with Crippen LogP contribution in [0.4, 0.5) is 5.69 Å². The second-order valence-corrected chi connectivity index (χ2v) is 7.10. The molecular weight excluding hydrogens is 340 g/mol. The third kappa shape index (κ3) is 3.77. The summed E-state index contributed by atoms with van der Waals surface area (Å²) in [5.74, 6) is -0.0587. The second-order valence-electron chi connectivity index (χ2n) is 5.58. The number of nitrogens with one attached hydrogen (secondary N) is 1. The van der Waals surface area contributed by atoms with Gasteiger partial charge in [0.25, 0.3) is 0 Å². The number of anilines is 1. The van der Waals surface area contributed by atoms with Crippen LogP contribution in [0.1, 0.15) is 12.5 Å². The molecule has 0 saturated carbocycles. The van der Waals surface area contributed by atoms with Gasteiger partial charge in [-0.15, -0.1) is 0 Å². The van der Waals surface area contributed by atoms with E-state index in [1.807, 2.05) is 13.0 Å². The molecule has 2 aromatic carbocycles. The fraction of sp³-hybridized carbons (Fsp3) is 0.111. The van der Waals surface area contributed by atoms with Gasteiger partial charge in [-0.1, -0.05) is 12.1 Å². The van der Waals surface area contributed by atoms with Gasteiger partial charge >= 0.3 is 10.1 Å². The molecular formula is C18H16N2O4S.